The van der Waals surface area contributed by atoms with E-state index in [0.717, 1.165) is 10.6 Å². The Morgan fingerprint density at radius 3 is 2.48 bits per heavy atom. The highest BCUT2D eigenvalue weighted by atomic mass is 32.2. The zero-order chi connectivity index (χ0) is 19.0. The van der Waals surface area contributed by atoms with Crippen molar-refractivity contribution in [2.24, 2.45) is 0 Å². The van der Waals surface area contributed by atoms with Crippen LogP contribution < -0.4 is 10.2 Å². The van der Waals surface area contributed by atoms with Crippen molar-refractivity contribution in [2.75, 3.05) is 36.4 Å². The summed E-state index contributed by atoms with van der Waals surface area (Å²) >= 11 is 1.29. The van der Waals surface area contributed by atoms with Crippen molar-refractivity contribution in [2.45, 2.75) is 16.6 Å². The number of fused-ring (bicyclic) bond motifs is 1. The summed E-state index contributed by atoms with van der Waals surface area (Å²) in [6, 6.07) is 14.1. The summed E-state index contributed by atoms with van der Waals surface area (Å²) in [5.74, 6) is -0.761. The van der Waals surface area contributed by atoms with Gasteiger partial charge in [-0.2, -0.15) is 0 Å². The zero-order valence-electron chi connectivity index (χ0n) is 14.9. The molecule has 0 saturated carbocycles. The van der Waals surface area contributed by atoms with Gasteiger partial charge in [0.25, 0.3) is 0 Å². The Bertz CT molecular complexity index is 898. The van der Waals surface area contributed by atoms with Gasteiger partial charge < -0.3 is 15.1 Å². The molecule has 1 unspecified atom stereocenters. The van der Waals surface area contributed by atoms with Gasteiger partial charge in [0, 0.05) is 31.1 Å². The van der Waals surface area contributed by atoms with Crippen LogP contribution in [0.4, 0.5) is 15.8 Å². The highest BCUT2D eigenvalue weighted by Crippen LogP contribution is 2.43. The summed E-state index contributed by atoms with van der Waals surface area (Å²) < 4.78 is 12.8. The number of halogens is 1. The number of anilines is 2. The number of nitrogens with zero attached hydrogens (tertiary/aromatic N) is 2. The van der Waals surface area contributed by atoms with E-state index < -0.39 is 4.75 Å². The van der Waals surface area contributed by atoms with Gasteiger partial charge in [0.15, 0.2) is 4.75 Å². The molecule has 7 heteroatoms. The van der Waals surface area contributed by atoms with Gasteiger partial charge in [0.05, 0.1) is 11.4 Å². The Morgan fingerprint density at radius 1 is 1.07 bits per heavy atom. The molecule has 0 aliphatic carbocycles. The third kappa shape index (κ3) is 3.16. The average Bonchev–Trinajstić information content (AvgIpc) is 2.69. The second-order valence-corrected chi connectivity index (χ2v) is 8.28. The molecular weight excluding hydrogens is 365 g/mol. The van der Waals surface area contributed by atoms with Crippen molar-refractivity contribution in [3.8, 4) is 0 Å². The Hall–Kier alpha value is -2.54. The van der Waals surface area contributed by atoms with Crippen LogP contribution in [0.5, 0.6) is 0 Å². The highest BCUT2D eigenvalue weighted by molar-refractivity contribution is 8.02. The second kappa shape index (κ2) is 6.88. The van der Waals surface area contributed by atoms with E-state index in [2.05, 4.69) is 5.32 Å². The predicted octanol–water partition coefficient (Wildman–Crippen LogP) is 2.98. The Kier molecular flexibility index (Phi) is 4.55. The lowest BCUT2D eigenvalue weighted by atomic mass is 10.1. The van der Waals surface area contributed by atoms with Crippen LogP contribution in [0.15, 0.2) is 53.4 Å². The maximum Gasteiger partial charge on any atom is 0.250 e. The number of carbonyl (C=O) groups is 2. The van der Waals surface area contributed by atoms with Crippen LogP contribution in [0.1, 0.15) is 6.92 Å². The van der Waals surface area contributed by atoms with Crippen molar-refractivity contribution < 1.29 is 14.0 Å². The minimum Gasteiger partial charge on any atom is -0.366 e. The summed E-state index contributed by atoms with van der Waals surface area (Å²) in [4.78, 5) is 30.3. The van der Waals surface area contributed by atoms with Crippen LogP contribution in [0.3, 0.4) is 0 Å². The molecule has 1 saturated heterocycles. The van der Waals surface area contributed by atoms with Gasteiger partial charge in [-0.15, -0.1) is 0 Å². The molecular formula is C20H20FN3O2S. The first kappa shape index (κ1) is 17.9. The Balaban J connectivity index is 1.48. The third-order valence-electron chi connectivity index (χ3n) is 5.05. The van der Waals surface area contributed by atoms with Gasteiger partial charge in [-0.25, -0.2) is 4.39 Å². The highest BCUT2D eigenvalue weighted by Gasteiger charge is 2.48. The number of rotatable bonds is 2. The molecule has 2 aliphatic rings. The number of hydrogen-bond acceptors (Lipinski definition) is 4. The average molecular weight is 385 g/mol. The third-order valence-corrected chi connectivity index (χ3v) is 6.39. The van der Waals surface area contributed by atoms with Gasteiger partial charge in [0.1, 0.15) is 5.82 Å². The maximum absolute atomic E-state index is 14.0. The summed E-state index contributed by atoms with van der Waals surface area (Å²) in [6.45, 7) is 3.66. The first-order valence-electron chi connectivity index (χ1n) is 8.87. The lowest BCUT2D eigenvalue weighted by Crippen LogP contribution is -2.58. The molecule has 27 heavy (non-hydrogen) atoms. The van der Waals surface area contributed by atoms with Gasteiger partial charge in [-0.1, -0.05) is 36.0 Å². The number of amides is 2. The minimum atomic E-state index is -1.20. The molecule has 2 heterocycles. The fourth-order valence-electron chi connectivity index (χ4n) is 3.47. The number of nitrogens with one attached hydrogen (secondary N) is 1. The lowest BCUT2D eigenvalue weighted by Gasteiger charge is -2.41. The summed E-state index contributed by atoms with van der Waals surface area (Å²) in [6.07, 6.45) is 0. The van der Waals surface area contributed by atoms with Crippen molar-refractivity contribution in [3.63, 3.8) is 0 Å². The standard InChI is InChI=1S/C20H20FN3O2S/c1-20(18(25)22-15-7-3-5-9-17(15)27-20)19(26)24-12-10-23(11-13-24)16-8-4-2-6-14(16)21/h2-9H,10-13H2,1H3,(H,22,25). The van der Waals surface area contributed by atoms with E-state index in [0.29, 0.717) is 31.9 Å². The van der Waals surface area contributed by atoms with Crippen LogP contribution in [0.2, 0.25) is 0 Å². The molecule has 1 atom stereocenters. The first-order valence-corrected chi connectivity index (χ1v) is 9.69. The van der Waals surface area contributed by atoms with Crippen LogP contribution in [-0.4, -0.2) is 47.6 Å². The molecule has 2 amide bonds. The molecule has 0 radical (unpaired) electrons. The molecule has 0 bridgehead atoms. The molecule has 0 spiro atoms. The van der Waals surface area contributed by atoms with E-state index in [1.165, 1.54) is 17.8 Å². The topological polar surface area (TPSA) is 52.7 Å². The molecule has 1 fully saturated rings. The zero-order valence-corrected chi connectivity index (χ0v) is 15.8. The largest absolute Gasteiger partial charge is 0.366 e. The molecule has 140 valence electrons. The first-order chi connectivity index (χ1) is 13.0. The number of para-hydroxylation sites is 2. The number of piperazine rings is 1. The van der Waals surface area contributed by atoms with Gasteiger partial charge >= 0.3 is 0 Å². The van der Waals surface area contributed by atoms with E-state index in [1.807, 2.05) is 29.2 Å². The van der Waals surface area contributed by atoms with E-state index in [-0.39, 0.29) is 17.6 Å². The van der Waals surface area contributed by atoms with Crippen molar-refractivity contribution in [1.29, 1.82) is 0 Å². The molecule has 0 aromatic heterocycles. The summed E-state index contributed by atoms with van der Waals surface area (Å²) in [5.41, 5.74) is 1.29. The van der Waals surface area contributed by atoms with Gasteiger partial charge in [0.2, 0.25) is 11.8 Å². The predicted molar refractivity (Wildman–Crippen MR) is 105 cm³/mol. The van der Waals surface area contributed by atoms with Crippen LogP contribution in [-0.2, 0) is 9.59 Å². The van der Waals surface area contributed by atoms with E-state index in [4.69, 9.17) is 0 Å². The van der Waals surface area contributed by atoms with Gasteiger partial charge in [-0.3, -0.25) is 9.59 Å². The van der Waals surface area contributed by atoms with Crippen LogP contribution in [0.25, 0.3) is 0 Å². The van der Waals surface area contributed by atoms with E-state index in [1.54, 1.807) is 30.0 Å². The van der Waals surface area contributed by atoms with Crippen LogP contribution in [0, 0.1) is 5.82 Å². The molecule has 2 aliphatic heterocycles. The van der Waals surface area contributed by atoms with Gasteiger partial charge in [-0.05, 0) is 31.2 Å². The van der Waals surface area contributed by atoms with E-state index in [9.17, 15) is 14.0 Å². The fraction of sp³-hybridized carbons (Fsp3) is 0.300. The van der Waals surface area contributed by atoms with Crippen molar-refractivity contribution >= 4 is 35.0 Å². The van der Waals surface area contributed by atoms with Crippen LogP contribution >= 0.6 is 11.8 Å². The molecule has 5 nitrogen and oxygen atoms in total. The summed E-state index contributed by atoms with van der Waals surface area (Å²) in [5, 5.41) is 2.85. The molecule has 1 N–H and O–H groups in total. The number of carbonyl (C=O) groups excluding carboxylic acids is 2. The Morgan fingerprint density at radius 2 is 1.74 bits per heavy atom. The fourth-order valence-corrected chi connectivity index (χ4v) is 4.64. The SMILES string of the molecule is CC1(C(=O)N2CCN(c3ccccc3F)CC2)Sc2ccccc2NC1=O. The number of hydrogen-bond donors (Lipinski definition) is 1. The number of benzene rings is 2. The normalized spacial score (nSPS) is 22.2. The molecule has 4 rings (SSSR count). The Labute approximate surface area is 161 Å². The lowest BCUT2D eigenvalue weighted by molar-refractivity contribution is -0.137. The maximum atomic E-state index is 14.0. The second-order valence-electron chi connectivity index (χ2n) is 6.82. The summed E-state index contributed by atoms with van der Waals surface area (Å²) in [7, 11) is 0. The number of thioether (sulfide) groups is 1. The van der Waals surface area contributed by atoms with Crippen molar-refractivity contribution in [1.82, 2.24) is 4.90 Å². The van der Waals surface area contributed by atoms with Crippen molar-refractivity contribution in [3.05, 3.63) is 54.3 Å². The smallest absolute Gasteiger partial charge is 0.250 e. The van der Waals surface area contributed by atoms with E-state index >= 15 is 0 Å². The minimum absolute atomic E-state index is 0.201. The monoisotopic (exact) mass is 385 g/mol. The quantitative estimate of drug-likeness (QED) is 0.808. The molecule has 2 aromatic rings. The molecule has 2 aromatic carbocycles.